The van der Waals surface area contributed by atoms with E-state index < -0.39 is 0 Å². The minimum absolute atomic E-state index is 0.678. The van der Waals surface area contributed by atoms with Crippen molar-refractivity contribution in [3.63, 3.8) is 0 Å². The lowest BCUT2D eigenvalue weighted by molar-refractivity contribution is 0.442. The second kappa shape index (κ2) is 4.12. The summed E-state index contributed by atoms with van der Waals surface area (Å²) in [5, 5.41) is 0. The molecular weight excluding hydrogens is 170 g/mol. The first-order valence-corrected chi connectivity index (χ1v) is 5.74. The molecule has 1 aromatic heterocycles. The molecule has 1 nitrogen and oxygen atoms in total. The van der Waals surface area contributed by atoms with Crippen molar-refractivity contribution in [2.24, 2.45) is 5.41 Å². The highest BCUT2D eigenvalue weighted by Crippen LogP contribution is 2.52. The van der Waals surface area contributed by atoms with Gasteiger partial charge in [0.25, 0.3) is 0 Å². The molecule has 0 aromatic carbocycles. The van der Waals surface area contributed by atoms with Crippen LogP contribution in [0.2, 0.25) is 0 Å². The molecule has 0 saturated heterocycles. The monoisotopic (exact) mass is 189 g/mol. The Morgan fingerprint density at radius 3 is 2.57 bits per heavy atom. The lowest BCUT2D eigenvalue weighted by Gasteiger charge is -2.14. The van der Waals surface area contributed by atoms with E-state index in [1.807, 2.05) is 12.4 Å². The maximum Gasteiger partial charge on any atom is 0.0270 e. The summed E-state index contributed by atoms with van der Waals surface area (Å²) in [6.45, 7) is 2.28. The van der Waals surface area contributed by atoms with E-state index in [0.29, 0.717) is 5.41 Å². The molecule has 1 aromatic rings. The minimum atomic E-state index is 0.678. The minimum Gasteiger partial charge on any atom is -0.265 e. The summed E-state index contributed by atoms with van der Waals surface area (Å²) in [6, 6.07) is 4.32. The molecule has 0 amide bonds. The van der Waals surface area contributed by atoms with E-state index in [4.69, 9.17) is 0 Å². The van der Waals surface area contributed by atoms with Crippen LogP contribution >= 0.6 is 0 Å². The summed E-state index contributed by atoms with van der Waals surface area (Å²) in [7, 11) is 0. The number of hydrogen-bond acceptors (Lipinski definition) is 1. The van der Waals surface area contributed by atoms with Crippen LogP contribution in [0.5, 0.6) is 0 Å². The highest BCUT2D eigenvalue weighted by molar-refractivity contribution is 5.15. The zero-order valence-corrected chi connectivity index (χ0v) is 9.00. The van der Waals surface area contributed by atoms with Crippen LogP contribution in [0.1, 0.15) is 44.6 Å². The molecule has 1 saturated carbocycles. The van der Waals surface area contributed by atoms with E-state index in [1.54, 1.807) is 0 Å². The number of aromatic nitrogens is 1. The van der Waals surface area contributed by atoms with Gasteiger partial charge in [-0.3, -0.25) is 4.98 Å². The Morgan fingerprint density at radius 2 is 2.00 bits per heavy atom. The molecule has 1 aliphatic carbocycles. The van der Waals surface area contributed by atoms with E-state index in [0.717, 1.165) is 0 Å². The Balaban J connectivity index is 1.91. The van der Waals surface area contributed by atoms with Gasteiger partial charge in [0.1, 0.15) is 0 Å². The summed E-state index contributed by atoms with van der Waals surface area (Å²) in [5.41, 5.74) is 2.14. The normalized spacial score (nSPS) is 18.1. The summed E-state index contributed by atoms with van der Waals surface area (Å²) in [5.74, 6) is 0. The molecular formula is C13H19N. The zero-order valence-electron chi connectivity index (χ0n) is 9.00. The first-order chi connectivity index (χ1) is 6.85. The largest absolute Gasteiger partial charge is 0.265 e. The van der Waals surface area contributed by atoms with E-state index in [-0.39, 0.29) is 0 Å². The van der Waals surface area contributed by atoms with Crippen LogP contribution in [-0.4, -0.2) is 4.98 Å². The van der Waals surface area contributed by atoms with Gasteiger partial charge in [-0.15, -0.1) is 0 Å². The lowest BCUT2D eigenvalue weighted by Crippen LogP contribution is -2.04. The van der Waals surface area contributed by atoms with Crippen molar-refractivity contribution in [1.29, 1.82) is 0 Å². The third-order valence-electron chi connectivity index (χ3n) is 3.35. The molecule has 14 heavy (non-hydrogen) atoms. The van der Waals surface area contributed by atoms with Crippen LogP contribution in [-0.2, 0) is 6.42 Å². The number of nitrogens with zero attached hydrogens (tertiary/aromatic N) is 1. The maximum absolute atomic E-state index is 4.06. The van der Waals surface area contributed by atoms with Gasteiger partial charge in [-0.2, -0.15) is 0 Å². The Bertz CT molecular complexity index is 275. The van der Waals surface area contributed by atoms with Crippen molar-refractivity contribution >= 4 is 0 Å². The van der Waals surface area contributed by atoms with Gasteiger partial charge in [-0.1, -0.05) is 19.8 Å². The van der Waals surface area contributed by atoms with Gasteiger partial charge in [-0.25, -0.2) is 0 Å². The number of unbranched alkanes of at least 4 members (excludes halogenated alkanes) is 1. The molecule has 76 valence electrons. The molecule has 2 rings (SSSR count). The van der Waals surface area contributed by atoms with Crippen molar-refractivity contribution in [3.05, 3.63) is 30.1 Å². The van der Waals surface area contributed by atoms with Gasteiger partial charge in [0, 0.05) is 12.4 Å². The fourth-order valence-electron chi connectivity index (χ4n) is 2.18. The van der Waals surface area contributed by atoms with Crippen LogP contribution in [0.25, 0.3) is 0 Å². The third kappa shape index (κ3) is 2.34. The van der Waals surface area contributed by atoms with Crippen LogP contribution in [0, 0.1) is 5.41 Å². The predicted octanol–water partition coefficient (Wildman–Crippen LogP) is 3.59. The standard InChI is InChI=1S/C13H19N/c1-2-3-6-13(7-8-13)11-12-4-9-14-10-5-12/h4-5,9-10H,2-3,6-8,11H2,1H3. The molecule has 0 atom stereocenters. The second-order valence-corrected chi connectivity index (χ2v) is 4.64. The summed E-state index contributed by atoms with van der Waals surface area (Å²) in [6.07, 6.45) is 12.1. The first kappa shape index (κ1) is 9.70. The second-order valence-electron chi connectivity index (χ2n) is 4.64. The number of rotatable bonds is 5. The fraction of sp³-hybridized carbons (Fsp3) is 0.615. The highest BCUT2D eigenvalue weighted by atomic mass is 14.6. The Kier molecular flexibility index (Phi) is 2.85. The van der Waals surface area contributed by atoms with Crippen LogP contribution in [0.15, 0.2) is 24.5 Å². The van der Waals surface area contributed by atoms with Crippen LogP contribution in [0.4, 0.5) is 0 Å². The van der Waals surface area contributed by atoms with Crippen molar-refractivity contribution in [3.8, 4) is 0 Å². The number of hydrogen-bond donors (Lipinski definition) is 0. The molecule has 0 N–H and O–H groups in total. The smallest absolute Gasteiger partial charge is 0.0270 e. The quantitative estimate of drug-likeness (QED) is 0.689. The fourth-order valence-corrected chi connectivity index (χ4v) is 2.18. The molecule has 1 fully saturated rings. The third-order valence-corrected chi connectivity index (χ3v) is 3.35. The van der Waals surface area contributed by atoms with Gasteiger partial charge in [0.2, 0.25) is 0 Å². The summed E-state index contributed by atoms with van der Waals surface area (Å²) in [4.78, 5) is 4.06. The van der Waals surface area contributed by atoms with Crippen molar-refractivity contribution in [1.82, 2.24) is 4.98 Å². The Labute approximate surface area is 86.6 Å². The molecule has 0 radical (unpaired) electrons. The average molecular weight is 189 g/mol. The summed E-state index contributed by atoms with van der Waals surface area (Å²) >= 11 is 0. The van der Waals surface area contributed by atoms with E-state index >= 15 is 0 Å². The lowest BCUT2D eigenvalue weighted by atomic mass is 9.92. The number of pyridine rings is 1. The molecule has 0 unspecified atom stereocenters. The van der Waals surface area contributed by atoms with Gasteiger partial charge >= 0.3 is 0 Å². The topological polar surface area (TPSA) is 12.9 Å². The maximum atomic E-state index is 4.06. The van der Waals surface area contributed by atoms with E-state index in [1.165, 1.54) is 44.1 Å². The van der Waals surface area contributed by atoms with Crippen molar-refractivity contribution in [2.75, 3.05) is 0 Å². The van der Waals surface area contributed by atoms with Gasteiger partial charge in [0.15, 0.2) is 0 Å². The molecule has 1 aliphatic rings. The van der Waals surface area contributed by atoms with Gasteiger partial charge in [-0.05, 0) is 48.8 Å². The Hall–Kier alpha value is -0.850. The summed E-state index contributed by atoms with van der Waals surface area (Å²) < 4.78 is 0. The molecule has 0 bridgehead atoms. The SMILES string of the molecule is CCCCC1(Cc2ccncc2)CC1. The van der Waals surface area contributed by atoms with Crippen LogP contribution < -0.4 is 0 Å². The molecule has 1 heteroatoms. The van der Waals surface area contributed by atoms with E-state index in [2.05, 4.69) is 24.0 Å². The first-order valence-electron chi connectivity index (χ1n) is 5.74. The molecule has 0 spiro atoms. The molecule has 1 heterocycles. The highest BCUT2D eigenvalue weighted by Gasteiger charge is 2.41. The van der Waals surface area contributed by atoms with Crippen LogP contribution in [0.3, 0.4) is 0 Å². The van der Waals surface area contributed by atoms with Gasteiger partial charge in [0.05, 0.1) is 0 Å². The van der Waals surface area contributed by atoms with E-state index in [9.17, 15) is 0 Å². The van der Waals surface area contributed by atoms with Crippen molar-refractivity contribution in [2.45, 2.75) is 45.4 Å². The molecule has 0 aliphatic heterocycles. The van der Waals surface area contributed by atoms with Crippen molar-refractivity contribution < 1.29 is 0 Å². The zero-order chi connectivity index (χ0) is 9.86. The van der Waals surface area contributed by atoms with Gasteiger partial charge < -0.3 is 0 Å². The Morgan fingerprint density at radius 1 is 1.29 bits per heavy atom. The average Bonchev–Trinajstić information content (AvgIpc) is 2.97. The predicted molar refractivity (Wildman–Crippen MR) is 59.1 cm³/mol.